The molecule has 158 valence electrons. The van der Waals surface area contributed by atoms with Crippen LogP contribution < -0.4 is 0 Å². The molecule has 2 aromatic heterocycles. The first-order valence-electron chi connectivity index (χ1n) is 9.32. The van der Waals surface area contributed by atoms with Gasteiger partial charge in [0.2, 0.25) is 5.82 Å². The highest BCUT2D eigenvalue weighted by molar-refractivity contribution is 5.59. The van der Waals surface area contributed by atoms with Crippen LogP contribution in [0, 0.1) is 5.82 Å². The summed E-state index contributed by atoms with van der Waals surface area (Å²) in [7, 11) is 0. The van der Waals surface area contributed by atoms with E-state index in [1.807, 2.05) is 0 Å². The Balaban J connectivity index is 1.39. The molecule has 0 amide bonds. The van der Waals surface area contributed by atoms with E-state index in [-0.39, 0.29) is 35.8 Å². The molecule has 1 atom stereocenters. The third kappa shape index (κ3) is 3.81. The topological polar surface area (TPSA) is 66.0 Å². The normalized spacial score (nSPS) is 16.3. The molecule has 1 aliphatic rings. The number of nitrogens with zero attached hydrogens (tertiary/aromatic N) is 4. The van der Waals surface area contributed by atoms with Crippen molar-refractivity contribution in [1.29, 1.82) is 0 Å². The van der Waals surface area contributed by atoms with Gasteiger partial charge in [-0.2, -0.15) is 23.3 Å². The van der Waals surface area contributed by atoms with E-state index >= 15 is 0 Å². The van der Waals surface area contributed by atoms with Crippen LogP contribution in [-0.2, 0) is 24.1 Å². The number of halogens is 4. The molecule has 3 heterocycles. The van der Waals surface area contributed by atoms with Gasteiger partial charge in [0, 0.05) is 5.56 Å². The van der Waals surface area contributed by atoms with Gasteiger partial charge in [0.25, 0.3) is 5.89 Å². The Morgan fingerprint density at radius 3 is 2.61 bits per heavy atom. The van der Waals surface area contributed by atoms with E-state index in [1.54, 1.807) is 22.9 Å². The Kier molecular flexibility index (Phi) is 4.58. The van der Waals surface area contributed by atoms with Crippen molar-refractivity contribution in [3.8, 4) is 23.0 Å². The molecule has 31 heavy (non-hydrogen) atoms. The Morgan fingerprint density at radius 2 is 1.84 bits per heavy atom. The summed E-state index contributed by atoms with van der Waals surface area (Å²) >= 11 is 0. The second kappa shape index (κ2) is 7.31. The minimum atomic E-state index is -4.47. The molecule has 0 N–H and O–H groups in total. The van der Waals surface area contributed by atoms with Crippen molar-refractivity contribution in [2.75, 3.05) is 0 Å². The van der Waals surface area contributed by atoms with Crippen LogP contribution in [0.2, 0.25) is 0 Å². The number of hydrogen-bond donors (Lipinski definition) is 0. The molecule has 6 nitrogen and oxygen atoms in total. The van der Waals surface area contributed by atoms with Crippen LogP contribution in [0.4, 0.5) is 17.6 Å². The molecule has 0 saturated heterocycles. The first-order valence-corrected chi connectivity index (χ1v) is 9.32. The van der Waals surface area contributed by atoms with Crippen LogP contribution in [-0.4, -0.2) is 19.9 Å². The molecule has 0 unspecified atom stereocenters. The van der Waals surface area contributed by atoms with E-state index in [9.17, 15) is 17.6 Å². The quantitative estimate of drug-likeness (QED) is 0.427. The van der Waals surface area contributed by atoms with Gasteiger partial charge in [0.15, 0.2) is 5.69 Å². The number of rotatable bonds is 3. The van der Waals surface area contributed by atoms with Crippen LogP contribution in [0.3, 0.4) is 0 Å². The van der Waals surface area contributed by atoms with Gasteiger partial charge in [-0.25, -0.2) is 4.39 Å². The summed E-state index contributed by atoms with van der Waals surface area (Å²) in [4.78, 5) is 4.20. The highest BCUT2D eigenvalue weighted by Crippen LogP contribution is 2.33. The van der Waals surface area contributed by atoms with Crippen LogP contribution in [0.25, 0.3) is 23.0 Å². The van der Waals surface area contributed by atoms with E-state index in [2.05, 4.69) is 15.2 Å². The monoisotopic (exact) mass is 430 g/mol. The molecule has 0 radical (unpaired) electrons. The molecule has 0 aliphatic carbocycles. The third-order valence-electron chi connectivity index (χ3n) is 4.97. The maximum absolute atomic E-state index is 13.2. The zero-order chi connectivity index (χ0) is 21.6. The Bertz CT molecular complexity index is 1230. The molecule has 0 bridgehead atoms. The standard InChI is InChI=1S/C21H14F4N4O2/c22-15-6-4-12(5-7-15)18-10-29-16(11-30-18)9-17(27-29)20-26-19(28-31-20)13-2-1-3-14(8-13)21(23,24)25/h1-9,18H,10-11H2/t18-/m1/s1. The fraction of sp³-hybridized carbons (Fsp3) is 0.190. The van der Waals surface area contributed by atoms with Crippen LogP contribution in [0.15, 0.2) is 59.1 Å². The zero-order valence-electron chi connectivity index (χ0n) is 15.8. The minimum absolute atomic E-state index is 0.0347. The fourth-order valence-electron chi connectivity index (χ4n) is 3.39. The van der Waals surface area contributed by atoms with Gasteiger partial charge in [0.1, 0.15) is 11.9 Å². The molecule has 0 fully saturated rings. The molecule has 2 aromatic carbocycles. The van der Waals surface area contributed by atoms with E-state index in [0.29, 0.717) is 12.2 Å². The largest absolute Gasteiger partial charge is 0.416 e. The lowest BCUT2D eigenvalue weighted by Gasteiger charge is -2.24. The van der Waals surface area contributed by atoms with Crippen molar-refractivity contribution in [2.45, 2.75) is 25.4 Å². The lowest BCUT2D eigenvalue weighted by Crippen LogP contribution is -2.21. The smallest absolute Gasteiger partial charge is 0.365 e. The Labute approximate surface area is 173 Å². The molecule has 4 aromatic rings. The van der Waals surface area contributed by atoms with Gasteiger partial charge in [0.05, 0.1) is 24.4 Å². The SMILES string of the molecule is Fc1ccc([C@H]2Cn3nc(-c4nc(-c5cccc(C(F)(F)F)c5)no4)cc3CO2)cc1. The summed E-state index contributed by atoms with van der Waals surface area (Å²) < 4.78 is 64.8. The minimum Gasteiger partial charge on any atom is -0.365 e. The fourth-order valence-corrected chi connectivity index (χ4v) is 3.39. The summed E-state index contributed by atoms with van der Waals surface area (Å²) in [5, 5.41) is 8.26. The van der Waals surface area contributed by atoms with Crippen molar-refractivity contribution in [3.05, 3.63) is 77.2 Å². The highest BCUT2D eigenvalue weighted by atomic mass is 19.4. The second-order valence-electron chi connectivity index (χ2n) is 7.06. The number of ether oxygens (including phenoxy) is 1. The van der Waals surface area contributed by atoms with Crippen molar-refractivity contribution in [1.82, 2.24) is 19.9 Å². The van der Waals surface area contributed by atoms with Gasteiger partial charge in [-0.3, -0.25) is 4.68 Å². The van der Waals surface area contributed by atoms with Crippen molar-refractivity contribution in [2.24, 2.45) is 0 Å². The first kappa shape index (κ1) is 19.4. The number of fused-ring (bicyclic) bond motifs is 1. The summed E-state index contributed by atoms with van der Waals surface area (Å²) in [5.41, 5.74) is 1.40. The van der Waals surface area contributed by atoms with Gasteiger partial charge < -0.3 is 9.26 Å². The summed E-state index contributed by atoms with van der Waals surface area (Å²) in [6, 6.07) is 12.5. The number of alkyl halides is 3. The average Bonchev–Trinajstić information content (AvgIpc) is 3.40. The molecule has 0 saturated carbocycles. The third-order valence-corrected chi connectivity index (χ3v) is 4.97. The second-order valence-corrected chi connectivity index (χ2v) is 7.06. The zero-order valence-corrected chi connectivity index (χ0v) is 15.8. The maximum Gasteiger partial charge on any atom is 0.416 e. The van der Waals surface area contributed by atoms with E-state index in [0.717, 1.165) is 23.4 Å². The number of hydrogen-bond acceptors (Lipinski definition) is 5. The number of aromatic nitrogens is 4. The Morgan fingerprint density at radius 1 is 1.03 bits per heavy atom. The molecular weight excluding hydrogens is 416 g/mol. The van der Waals surface area contributed by atoms with Gasteiger partial charge in [-0.1, -0.05) is 29.4 Å². The van der Waals surface area contributed by atoms with Gasteiger partial charge in [-0.15, -0.1) is 0 Å². The predicted octanol–water partition coefficient (Wildman–Crippen LogP) is 5.03. The van der Waals surface area contributed by atoms with Gasteiger partial charge in [-0.05, 0) is 35.9 Å². The molecular formula is C21H14F4N4O2. The molecule has 10 heteroatoms. The van der Waals surface area contributed by atoms with Gasteiger partial charge >= 0.3 is 6.18 Å². The molecule has 0 spiro atoms. The lowest BCUT2D eigenvalue weighted by molar-refractivity contribution is -0.137. The van der Waals surface area contributed by atoms with E-state index < -0.39 is 11.7 Å². The summed E-state index contributed by atoms with van der Waals surface area (Å²) in [5.74, 6) is -0.199. The Hall–Kier alpha value is -3.53. The predicted molar refractivity (Wildman–Crippen MR) is 99.9 cm³/mol. The maximum atomic E-state index is 13.2. The van der Waals surface area contributed by atoms with Crippen molar-refractivity contribution >= 4 is 0 Å². The first-order chi connectivity index (χ1) is 14.9. The average molecular weight is 430 g/mol. The summed E-state index contributed by atoms with van der Waals surface area (Å²) in [6.07, 6.45) is -4.75. The van der Waals surface area contributed by atoms with Crippen LogP contribution in [0.5, 0.6) is 0 Å². The summed E-state index contributed by atoms with van der Waals surface area (Å²) in [6.45, 7) is 0.694. The molecule has 5 rings (SSSR count). The lowest BCUT2D eigenvalue weighted by atomic mass is 10.1. The van der Waals surface area contributed by atoms with Crippen molar-refractivity contribution in [3.63, 3.8) is 0 Å². The van der Waals surface area contributed by atoms with Crippen molar-refractivity contribution < 1.29 is 26.8 Å². The van der Waals surface area contributed by atoms with E-state index in [1.165, 1.54) is 24.3 Å². The van der Waals surface area contributed by atoms with Crippen LogP contribution in [0.1, 0.15) is 22.9 Å². The number of benzene rings is 2. The van der Waals surface area contributed by atoms with E-state index in [4.69, 9.17) is 9.26 Å². The highest BCUT2D eigenvalue weighted by Gasteiger charge is 2.31. The van der Waals surface area contributed by atoms with Crippen LogP contribution >= 0.6 is 0 Å². The molecule has 1 aliphatic heterocycles.